The first kappa shape index (κ1) is 24.0. The number of carboxylic acid groups (broad SMARTS) is 1. The van der Waals surface area contributed by atoms with Gasteiger partial charge in [-0.2, -0.15) is 0 Å². The second kappa shape index (κ2) is 9.25. The second-order valence-electron chi connectivity index (χ2n) is 9.24. The Kier molecular flexibility index (Phi) is 6.35. The average molecular weight is 472 g/mol. The van der Waals surface area contributed by atoms with Crippen LogP contribution in [0.1, 0.15) is 63.0 Å². The van der Waals surface area contributed by atoms with Crippen LogP contribution in [0.4, 0.5) is 0 Å². The van der Waals surface area contributed by atoms with Gasteiger partial charge in [-0.15, -0.1) is 0 Å². The van der Waals surface area contributed by atoms with E-state index in [-0.39, 0.29) is 29.6 Å². The van der Waals surface area contributed by atoms with E-state index < -0.39 is 5.97 Å². The molecule has 7 heteroatoms. The molecular weight excluding hydrogens is 442 g/mol. The van der Waals surface area contributed by atoms with E-state index in [0.717, 1.165) is 38.9 Å². The Morgan fingerprint density at radius 2 is 1.69 bits per heavy atom. The second-order valence-corrected chi connectivity index (χ2v) is 9.24. The molecule has 0 fully saturated rings. The Hall–Kier alpha value is -4.13. The molecule has 0 saturated carbocycles. The van der Waals surface area contributed by atoms with Crippen LogP contribution >= 0.6 is 0 Å². The molecule has 4 aromatic rings. The molecule has 2 heterocycles. The summed E-state index contributed by atoms with van der Waals surface area (Å²) in [5, 5.41) is 13.0. The highest BCUT2D eigenvalue weighted by Crippen LogP contribution is 2.33. The number of hydrogen-bond acceptors (Lipinski definition) is 3. The van der Waals surface area contributed by atoms with E-state index in [9.17, 15) is 19.5 Å². The summed E-state index contributed by atoms with van der Waals surface area (Å²) in [6.07, 6.45) is 2.04. The maximum absolute atomic E-state index is 13.5. The number of benzene rings is 2. The van der Waals surface area contributed by atoms with E-state index in [0.29, 0.717) is 11.1 Å². The predicted molar refractivity (Wildman–Crippen MR) is 137 cm³/mol. The van der Waals surface area contributed by atoms with Gasteiger partial charge in [0.2, 0.25) is 0 Å². The zero-order valence-electron chi connectivity index (χ0n) is 20.5. The molecule has 180 valence electrons. The molecule has 0 unspecified atom stereocenters. The Labute approximate surface area is 203 Å². The third-order valence-electron chi connectivity index (χ3n) is 6.31. The van der Waals surface area contributed by atoms with Crippen LogP contribution in [0.2, 0.25) is 0 Å². The van der Waals surface area contributed by atoms with Gasteiger partial charge in [-0.3, -0.25) is 9.59 Å². The molecule has 0 atom stereocenters. The van der Waals surface area contributed by atoms with Crippen molar-refractivity contribution >= 4 is 22.8 Å². The number of aromatic nitrogens is 2. The topological polar surface area (TPSA) is 104 Å². The summed E-state index contributed by atoms with van der Waals surface area (Å²) in [5.41, 5.74) is 6.16. The average Bonchev–Trinajstić information content (AvgIpc) is 3.14. The Bertz CT molecular complexity index is 1510. The fourth-order valence-electron chi connectivity index (χ4n) is 4.53. The van der Waals surface area contributed by atoms with Crippen molar-refractivity contribution in [2.24, 2.45) is 0 Å². The number of aromatic carboxylic acids is 1. The Morgan fingerprint density at radius 1 is 1.00 bits per heavy atom. The molecule has 3 N–H and O–H groups in total. The lowest BCUT2D eigenvalue weighted by Crippen LogP contribution is -2.28. The number of aryl methyl sites for hydroxylation is 3. The van der Waals surface area contributed by atoms with Gasteiger partial charge in [-0.25, -0.2) is 4.79 Å². The summed E-state index contributed by atoms with van der Waals surface area (Å²) in [5.74, 6) is -1.26. The fourth-order valence-corrected chi connectivity index (χ4v) is 4.53. The Balaban J connectivity index is 1.80. The number of fused-ring (bicyclic) bond motifs is 1. The molecule has 0 bridgehead atoms. The highest BCUT2D eigenvalue weighted by Gasteiger charge is 2.19. The molecule has 35 heavy (non-hydrogen) atoms. The normalized spacial score (nSPS) is 11.3. The van der Waals surface area contributed by atoms with E-state index in [1.54, 1.807) is 24.3 Å². The zero-order valence-corrected chi connectivity index (χ0v) is 20.5. The van der Waals surface area contributed by atoms with Gasteiger partial charge in [0.25, 0.3) is 11.5 Å². The lowest BCUT2D eigenvalue weighted by Gasteiger charge is -2.14. The van der Waals surface area contributed by atoms with Crippen LogP contribution in [0.5, 0.6) is 0 Å². The van der Waals surface area contributed by atoms with Gasteiger partial charge in [0.05, 0.1) is 5.56 Å². The molecule has 0 aliphatic rings. The number of carbonyl (C=O) groups excluding carboxylic acids is 1. The summed E-state index contributed by atoms with van der Waals surface area (Å²) >= 11 is 0. The van der Waals surface area contributed by atoms with Crippen molar-refractivity contribution in [2.75, 3.05) is 0 Å². The van der Waals surface area contributed by atoms with Gasteiger partial charge in [0, 0.05) is 46.5 Å². The number of amides is 1. The third kappa shape index (κ3) is 4.62. The molecule has 2 aromatic heterocycles. The summed E-state index contributed by atoms with van der Waals surface area (Å²) in [4.78, 5) is 39.9. The van der Waals surface area contributed by atoms with Crippen LogP contribution in [0, 0.1) is 20.8 Å². The van der Waals surface area contributed by atoms with Crippen LogP contribution < -0.4 is 10.9 Å². The van der Waals surface area contributed by atoms with Crippen molar-refractivity contribution in [2.45, 2.75) is 47.2 Å². The molecule has 0 radical (unpaired) electrons. The first-order valence-corrected chi connectivity index (χ1v) is 11.5. The van der Waals surface area contributed by atoms with Crippen molar-refractivity contribution in [3.05, 3.63) is 92.5 Å². The van der Waals surface area contributed by atoms with Crippen LogP contribution in [-0.4, -0.2) is 26.5 Å². The number of H-pyrrole nitrogens is 1. The highest BCUT2D eigenvalue weighted by atomic mass is 16.4. The minimum Gasteiger partial charge on any atom is -0.478 e. The van der Waals surface area contributed by atoms with E-state index in [2.05, 4.69) is 28.7 Å². The first-order valence-electron chi connectivity index (χ1n) is 11.5. The lowest BCUT2D eigenvalue weighted by molar-refractivity contribution is 0.0696. The molecule has 7 nitrogen and oxygen atoms in total. The standard InChI is InChI=1S/C28H29N3O4/c1-15(2)31-14-17(4)25-22(26(32)29-13-23-16(3)10-18(5)30-27(23)33)11-21(12-24(25)31)19-6-8-20(9-7-19)28(34)35/h6-12,14-15H,13H2,1-5H3,(H,29,32)(H,30,33)(H,34,35). The summed E-state index contributed by atoms with van der Waals surface area (Å²) < 4.78 is 2.13. The lowest BCUT2D eigenvalue weighted by atomic mass is 9.97. The summed E-state index contributed by atoms with van der Waals surface area (Å²) in [6, 6.07) is 12.5. The monoisotopic (exact) mass is 471 g/mol. The van der Waals surface area contributed by atoms with Gasteiger partial charge >= 0.3 is 5.97 Å². The van der Waals surface area contributed by atoms with Crippen LogP contribution in [0.15, 0.2) is 53.5 Å². The number of pyridine rings is 1. The minimum atomic E-state index is -0.988. The number of rotatable bonds is 6. The van der Waals surface area contributed by atoms with E-state index >= 15 is 0 Å². The minimum absolute atomic E-state index is 0.114. The smallest absolute Gasteiger partial charge is 0.335 e. The van der Waals surface area contributed by atoms with Gasteiger partial charge in [0.1, 0.15) is 0 Å². The van der Waals surface area contributed by atoms with Gasteiger partial charge in [-0.05, 0) is 87.2 Å². The number of carbonyl (C=O) groups is 2. The summed E-state index contributed by atoms with van der Waals surface area (Å²) in [6.45, 7) is 9.94. The van der Waals surface area contributed by atoms with E-state index in [1.165, 1.54) is 0 Å². The molecule has 0 spiro atoms. The van der Waals surface area contributed by atoms with Crippen molar-refractivity contribution in [3.63, 3.8) is 0 Å². The Morgan fingerprint density at radius 3 is 2.29 bits per heavy atom. The van der Waals surface area contributed by atoms with Crippen molar-refractivity contribution < 1.29 is 14.7 Å². The summed E-state index contributed by atoms with van der Waals surface area (Å²) in [7, 11) is 0. The van der Waals surface area contributed by atoms with E-state index in [4.69, 9.17) is 0 Å². The zero-order chi connectivity index (χ0) is 25.4. The van der Waals surface area contributed by atoms with Gasteiger partial charge in [-0.1, -0.05) is 12.1 Å². The molecular formula is C28H29N3O4. The van der Waals surface area contributed by atoms with E-state index in [1.807, 2.05) is 45.2 Å². The maximum Gasteiger partial charge on any atom is 0.335 e. The number of carboxylic acids is 1. The van der Waals surface area contributed by atoms with Crippen molar-refractivity contribution in [1.82, 2.24) is 14.9 Å². The number of aromatic amines is 1. The van der Waals surface area contributed by atoms with Crippen LogP contribution in [-0.2, 0) is 6.54 Å². The van der Waals surface area contributed by atoms with Gasteiger partial charge < -0.3 is 20.0 Å². The van der Waals surface area contributed by atoms with Crippen molar-refractivity contribution in [1.29, 1.82) is 0 Å². The quantitative estimate of drug-likeness (QED) is 0.363. The first-order chi connectivity index (χ1) is 16.6. The largest absolute Gasteiger partial charge is 0.478 e. The van der Waals surface area contributed by atoms with Crippen LogP contribution in [0.3, 0.4) is 0 Å². The van der Waals surface area contributed by atoms with Gasteiger partial charge in [0.15, 0.2) is 0 Å². The SMILES string of the molecule is Cc1cc(C)c(CNC(=O)c2cc(-c3ccc(C(=O)O)cc3)cc3c2c(C)cn3C(C)C)c(=O)[nH]1. The van der Waals surface area contributed by atoms with Crippen LogP contribution in [0.25, 0.3) is 22.0 Å². The molecule has 1 amide bonds. The van der Waals surface area contributed by atoms with Crippen molar-refractivity contribution in [3.8, 4) is 11.1 Å². The molecule has 0 aliphatic carbocycles. The molecule has 0 aliphatic heterocycles. The predicted octanol–water partition coefficient (Wildman–Crippen LogP) is 5.13. The number of hydrogen-bond donors (Lipinski definition) is 3. The third-order valence-corrected chi connectivity index (χ3v) is 6.31. The fraction of sp³-hybridized carbons (Fsp3) is 0.250. The maximum atomic E-state index is 13.5. The number of nitrogens with one attached hydrogen (secondary N) is 2. The molecule has 4 rings (SSSR count). The number of nitrogens with zero attached hydrogens (tertiary/aromatic N) is 1. The molecule has 2 aromatic carbocycles. The molecule has 0 saturated heterocycles. The highest BCUT2D eigenvalue weighted by molar-refractivity contribution is 6.09.